The second-order valence-electron chi connectivity index (χ2n) is 5.77. The monoisotopic (exact) mass is 351 g/mol. The zero-order chi connectivity index (χ0) is 18.7. The summed E-state index contributed by atoms with van der Waals surface area (Å²) < 4.78 is 16.3. The Kier molecular flexibility index (Phi) is 4.93. The number of aryl methyl sites for hydroxylation is 1. The summed E-state index contributed by atoms with van der Waals surface area (Å²) in [5.74, 6) is 1.83. The minimum Gasteiger partial charge on any atom is -0.493 e. The van der Waals surface area contributed by atoms with Gasteiger partial charge in [-0.1, -0.05) is 29.8 Å². The van der Waals surface area contributed by atoms with E-state index in [4.69, 9.17) is 19.9 Å². The Morgan fingerprint density at radius 3 is 2.15 bits per heavy atom. The van der Waals surface area contributed by atoms with Gasteiger partial charge < -0.3 is 19.9 Å². The van der Waals surface area contributed by atoms with Gasteiger partial charge in [-0.3, -0.25) is 0 Å². The molecule has 2 N–H and O–H groups in total. The summed E-state index contributed by atoms with van der Waals surface area (Å²) in [6, 6.07) is 11.8. The van der Waals surface area contributed by atoms with E-state index in [-0.39, 0.29) is 5.95 Å². The van der Waals surface area contributed by atoms with Crippen LogP contribution in [0.2, 0.25) is 0 Å². The molecule has 0 fully saturated rings. The van der Waals surface area contributed by atoms with E-state index in [0.717, 1.165) is 22.3 Å². The second kappa shape index (κ2) is 7.31. The van der Waals surface area contributed by atoms with E-state index in [2.05, 4.69) is 16.0 Å². The molecular weight excluding hydrogens is 330 g/mol. The standard InChI is InChI=1S/C20H21N3O3/c1-12-6-5-7-13(8-12)15-11-22-20(21)23-18(15)14-9-16(24-2)19(26-4)17(10-14)25-3/h5-11H,1-4H3,(H2,21,22,23). The molecule has 0 atom stereocenters. The molecule has 0 aliphatic carbocycles. The van der Waals surface area contributed by atoms with Crippen LogP contribution < -0.4 is 19.9 Å². The van der Waals surface area contributed by atoms with Gasteiger partial charge in [0.15, 0.2) is 11.5 Å². The molecule has 0 aliphatic rings. The fraction of sp³-hybridized carbons (Fsp3) is 0.200. The third-order valence-electron chi connectivity index (χ3n) is 4.07. The van der Waals surface area contributed by atoms with Crippen LogP contribution in [0, 0.1) is 6.92 Å². The van der Waals surface area contributed by atoms with Gasteiger partial charge in [-0.25, -0.2) is 9.97 Å². The average molecular weight is 351 g/mol. The Morgan fingerprint density at radius 2 is 1.58 bits per heavy atom. The van der Waals surface area contributed by atoms with Crippen molar-refractivity contribution in [1.82, 2.24) is 9.97 Å². The van der Waals surface area contributed by atoms with Crippen molar-refractivity contribution in [3.8, 4) is 39.6 Å². The third-order valence-corrected chi connectivity index (χ3v) is 4.07. The lowest BCUT2D eigenvalue weighted by Crippen LogP contribution is -2.00. The quantitative estimate of drug-likeness (QED) is 0.754. The molecule has 3 aromatic rings. The lowest BCUT2D eigenvalue weighted by atomic mass is 9.99. The second-order valence-corrected chi connectivity index (χ2v) is 5.77. The van der Waals surface area contributed by atoms with E-state index in [9.17, 15) is 0 Å². The minimum absolute atomic E-state index is 0.199. The van der Waals surface area contributed by atoms with Crippen molar-refractivity contribution in [3.63, 3.8) is 0 Å². The minimum atomic E-state index is 0.199. The summed E-state index contributed by atoms with van der Waals surface area (Å²) in [4.78, 5) is 8.64. The van der Waals surface area contributed by atoms with Gasteiger partial charge in [-0.05, 0) is 24.6 Å². The van der Waals surface area contributed by atoms with Crippen LogP contribution in [-0.2, 0) is 0 Å². The van der Waals surface area contributed by atoms with Gasteiger partial charge in [0, 0.05) is 17.3 Å². The summed E-state index contributed by atoms with van der Waals surface area (Å²) in [7, 11) is 4.73. The first-order valence-electron chi connectivity index (χ1n) is 8.07. The predicted molar refractivity (Wildman–Crippen MR) is 102 cm³/mol. The van der Waals surface area contributed by atoms with E-state index in [0.29, 0.717) is 22.9 Å². The summed E-state index contributed by atoms with van der Waals surface area (Å²) >= 11 is 0. The van der Waals surface area contributed by atoms with Gasteiger partial charge in [0.2, 0.25) is 11.7 Å². The normalized spacial score (nSPS) is 10.5. The molecule has 0 amide bonds. The zero-order valence-corrected chi connectivity index (χ0v) is 15.2. The number of nitrogens with zero attached hydrogens (tertiary/aromatic N) is 2. The molecule has 3 rings (SSSR count). The molecule has 0 spiro atoms. The van der Waals surface area contributed by atoms with Crippen LogP contribution in [-0.4, -0.2) is 31.3 Å². The maximum absolute atomic E-state index is 5.86. The van der Waals surface area contributed by atoms with Gasteiger partial charge in [-0.15, -0.1) is 0 Å². The number of ether oxygens (including phenoxy) is 3. The Hall–Kier alpha value is -3.28. The molecule has 0 bridgehead atoms. The van der Waals surface area contributed by atoms with Crippen LogP contribution in [0.3, 0.4) is 0 Å². The van der Waals surface area contributed by atoms with Crippen LogP contribution in [0.5, 0.6) is 17.2 Å². The van der Waals surface area contributed by atoms with Crippen molar-refractivity contribution in [2.45, 2.75) is 6.92 Å². The molecule has 134 valence electrons. The molecule has 6 nitrogen and oxygen atoms in total. The van der Waals surface area contributed by atoms with E-state index in [1.54, 1.807) is 27.5 Å². The van der Waals surface area contributed by atoms with Gasteiger partial charge >= 0.3 is 0 Å². The summed E-state index contributed by atoms with van der Waals surface area (Å²) in [6.45, 7) is 2.04. The lowest BCUT2D eigenvalue weighted by Gasteiger charge is -2.16. The molecule has 26 heavy (non-hydrogen) atoms. The van der Waals surface area contributed by atoms with E-state index in [1.807, 2.05) is 37.3 Å². The highest BCUT2D eigenvalue weighted by Gasteiger charge is 2.18. The Morgan fingerprint density at radius 1 is 0.885 bits per heavy atom. The Labute approximate surface area is 152 Å². The number of methoxy groups -OCH3 is 3. The van der Waals surface area contributed by atoms with Gasteiger partial charge in [0.1, 0.15) is 0 Å². The van der Waals surface area contributed by atoms with E-state index >= 15 is 0 Å². The molecule has 1 heterocycles. The predicted octanol–water partition coefficient (Wildman–Crippen LogP) is 3.73. The van der Waals surface area contributed by atoms with Crippen molar-refractivity contribution in [2.75, 3.05) is 27.1 Å². The maximum Gasteiger partial charge on any atom is 0.220 e. The lowest BCUT2D eigenvalue weighted by molar-refractivity contribution is 0.324. The number of anilines is 1. The van der Waals surface area contributed by atoms with Crippen molar-refractivity contribution < 1.29 is 14.2 Å². The first-order valence-corrected chi connectivity index (χ1v) is 8.07. The van der Waals surface area contributed by atoms with Gasteiger partial charge in [-0.2, -0.15) is 0 Å². The summed E-state index contributed by atoms with van der Waals surface area (Å²) in [5, 5.41) is 0. The topological polar surface area (TPSA) is 79.5 Å². The maximum atomic E-state index is 5.86. The SMILES string of the molecule is COc1cc(-c2nc(N)ncc2-c2cccc(C)c2)cc(OC)c1OC. The van der Waals surface area contributed by atoms with Crippen LogP contribution >= 0.6 is 0 Å². The van der Waals surface area contributed by atoms with Gasteiger partial charge in [0.05, 0.1) is 27.0 Å². The molecule has 6 heteroatoms. The molecular formula is C20H21N3O3. The highest BCUT2D eigenvalue weighted by Crippen LogP contribution is 2.42. The molecule has 1 aromatic heterocycles. The highest BCUT2D eigenvalue weighted by molar-refractivity contribution is 5.83. The van der Waals surface area contributed by atoms with Crippen LogP contribution in [0.15, 0.2) is 42.6 Å². The molecule has 0 unspecified atom stereocenters. The van der Waals surface area contributed by atoms with Crippen molar-refractivity contribution in [1.29, 1.82) is 0 Å². The Bertz CT molecular complexity index is 916. The number of hydrogen-bond acceptors (Lipinski definition) is 6. The van der Waals surface area contributed by atoms with Crippen molar-refractivity contribution in [2.24, 2.45) is 0 Å². The largest absolute Gasteiger partial charge is 0.493 e. The number of benzene rings is 2. The van der Waals surface area contributed by atoms with Gasteiger partial charge in [0.25, 0.3) is 0 Å². The fourth-order valence-electron chi connectivity index (χ4n) is 2.86. The summed E-state index contributed by atoms with van der Waals surface area (Å²) in [5.41, 5.74) is 10.4. The number of nitrogens with two attached hydrogens (primary N) is 1. The number of rotatable bonds is 5. The van der Waals surface area contributed by atoms with Crippen LogP contribution in [0.4, 0.5) is 5.95 Å². The molecule has 0 saturated heterocycles. The van der Waals surface area contributed by atoms with E-state index in [1.165, 1.54) is 0 Å². The number of hydrogen-bond donors (Lipinski definition) is 1. The first kappa shape index (κ1) is 17.5. The smallest absolute Gasteiger partial charge is 0.220 e. The van der Waals surface area contributed by atoms with Crippen molar-refractivity contribution >= 4 is 5.95 Å². The van der Waals surface area contributed by atoms with Crippen LogP contribution in [0.25, 0.3) is 22.4 Å². The Balaban J connectivity index is 2.25. The van der Waals surface area contributed by atoms with E-state index < -0.39 is 0 Å². The molecule has 0 radical (unpaired) electrons. The average Bonchev–Trinajstić information content (AvgIpc) is 2.66. The highest BCUT2D eigenvalue weighted by atomic mass is 16.5. The fourth-order valence-corrected chi connectivity index (χ4v) is 2.86. The van der Waals surface area contributed by atoms with Crippen LogP contribution in [0.1, 0.15) is 5.56 Å². The molecule has 0 aliphatic heterocycles. The molecule has 2 aromatic carbocycles. The summed E-state index contributed by atoms with van der Waals surface area (Å²) in [6.07, 6.45) is 1.73. The zero-order valence-electron chi connectivity index (χ0n) is 15.2. The van der Waals surface area contributed by atoms with Crippen molar-refractivity contribution in [3.05, 3.63) is 48.2 Å². The number of aromatic nitrogens is 2. The first-order chi connectivity index (χ1) is 12.6. The number of nitrogen functional groups attached to an aromatic ring is 1. The third kappa shape index (κ3) is 3.26. The molecule has 0 saturated carbocycles.